The molecule has 1 aliphatic heterocycles. The molecule has 0 saturated heterocycles. The van der Waals surface area contributed by atoms with E-state index in [1.807, 2.05) is 0 Å². The number of esters is 1. The van der Waals surface area contributed by atoms with Crippen molar-refractivity contribution in [1.29, 1.82) is 0 Å². The molecule has 1 aliphatic rings. The molecular weight excluding hydrogens is 436 g/mol. The average Bonchev–Trinajstić information content (AvgIpc) is 3.43. The van der Waals surface area contributed by atoms with Gasteiger partial charge in [-0.25, -0.2) is 9.59 Å². The van der Waals surface area contributed by atoms with Crippen LogP contribution < -0.4 is 5.01 Å². The number of carbonyl (C=O) groups excluding carboxylic acids is 2. The molecule has 1 amide bonds. The zero-order valence-electron chi connectivity index (χ0n) is 18.2. The van der Waals surface area contributed by atoms with Crippen molar-refractivity contribution in [2.75, 3.05) is 11.6 Å². The molecule has 8 nitrogen and oxygen atoms in total. The van der Waals surface area contributed by atoms with E-state index >= 15 is 0 Å². The van der Waals surface area contributed by atoms with Crippen molar-refractivity contribution >= 4 is 35.3 Å². The summed E-state index contributed by atoms with van der Waals surface area (Å²) in [6.45, 7) is 5.34. The second-order valence-corrected chi connectivity index (χ2v) is 7.38. The van der Waals surface area contributed by atoms with E-state index in [9.17, 15) is 19.5 Å². The molecule has 0 spiro atoms. The van der Waals surface area contributed by atoms with Crippen LogP contribution in [0.5, 0.6) is 0 Å². The minimum Gasteiger partial charge on any atom is -0.478 e. The highest BCUT2D eigenvalue weighted by atomic mass is 16.5. The fourth-order valence-corrected chi connectivity index (χ4v) is 3.35. The molecule has 0 bridgehead atoms. The molecule has 2 heterocycles. The molecule has 0 saturated carbocycles. The van der Waals surface area contributed by atoms with E-state index in [0.717, 1.165) is 5.56 Å². The summed E-state index contributed by atoms with van der Waals surface area (Å²) in [6, 6.07) is 16.3. The Morgan fingerprint density at radius 1 is 1.12 bits per heavy atom. The lowest BCUT2D eigenvalue weighted by atomic mass is 10.1. The minimum absolute atomic E-state index is 0.0613. The maximum Gasteiger partial charge on any atom is 0.338 e. The van der Waals surface area contributed by atoms with Gasteiger partial charge in [-0.05, 0) is 55.5 Å². The second kappa shape index (κ2) is 9.41. The first-order valence-electron chi connectivity index (χ1n) is 10.3. The third-order valence-corrected chi connectivity index (χ3v) is 5.05. The summed E-state index contributed by atoms with van der Waals surface area (Å²) in [7, 11) is 0. The maximum absolute atomic E-state index is 13.0. The molecule has 170 valence electrons. The first kappa shape index (κ1) is 22.5. The summed E-state index contributed by atoms with van der Waals surface area (Å²) in [5.74, 6) is -0.910. The normalized spacial score (nSPS) is 14.3. The lowest BCUT2D eigenvalue weighted by molar-refractivity contribution is -0.114. The predicted molar refractivity (Wildman–Crippen MR) is 127 cm³/mol. The number of rotatable bonds is 7. The number of ether oxygens (including phenoxy) is 1. The Morgan fingerprint density at radius 2 is 1.88 bits per heavy atom. The molecule has 1 N–H and O–H groups in total. The molecular formula is C26H20N2O6. The highest BCUT2D eigenvalue weighted by Crippen LogP contribution is 2.28. The van der Waals surface area contributed by atoms with Crippen LogP contribution in [0.15, 0.2) is 88.4 Å². The van der Waals surface area contributed by atoms with E-state index in [-0.39, 0.29) is 18.1 Å². The highest BCUT2D eigenvalue weighted by molar-refractivity contribution is 6.32. The second-order valence-electron chi connectivity index (χ2n) is 7.38. The van der Waals surface area contributed by atoms with E-state index in [1.165, 1.54) is 23.2 Å². The van der Waals surface area contributed by atoms with Crippen LogP contribution in [0.25, 0.3) is 17.4 Å². The van der Waals surface area contributed by atoms with E-state index in [0.29, 0.717) is 34.1 Å². The monoisotopic (exact) mass is 456 g/mol. The molecule has 0 unspecified atom stereocenters. The van der Waals surface area contributed by atoms with Crippen molar-refractivity contribution in [3.63, 3.8) is 0 Å². The Bertz CT molecular complexity index is 1350. The summed E-state index contributed by atoms with van der Waals surface area (Å²) in [6.07, 6.45) is 3.09. The van der Waals surface area contributed by atoms with Crippen LogP contribution in [0.1, 0.15) is 33.4 Å². The topological polar surface area (TPSA) is 109 Å². The summed E-state index contributed by atoms with van der Waals surface area (Å²) >= 11 is 0. The Labute approximate surface area is 195 Å². The SMILES string of the molecule is C=CCOC(=O)c1ccc(-c2ccc(/C=C3\C(=O)N(c4cccc(C(=O)O)c4)N=C3C)o2)cc1. The number of carbonyl (C=O) groups is 3. The van der Waals surface area contributed by atoms with Crippen molar-refractivity contribution in [3.8, 4) is 11.3 Å². The molecule has 0 atom stereocenters. The number of amides is 1. The van der Waals surface area contributed by atoms with Gasteiger partial charge in [0.15, 0.2) is 0 Å². The third-order valence-electron chi connectivity index (χ3n) is 5.05. The van der Waals surface area contributed by atoms with E-state index in [2.05, 4.69) is 11.7 Å². The van der Waals surface area contributed by atoms with E-state index in [4.69, 9.17) is 9.15 Å². The number of hydrazone groups is 1. The van der Waals surface area contributed by atoms with Gasteiger partial charge in [0.05, 0.1) is 28.1 Å². The van der Waals surface area contributed by atoms with Gasteiger partial charge >= 0.3 is 11.9 Å². The van der Waals surface area contributed by atoms with E-state index in [1.54, 1.807) is 61.5 Å². The summed E-state index contributed by atoms with van der Waals surface area (Å²) in [5.41, 5.74) is 2.40. The largest absolute Gasteiger partial charge is 0.478 e. The van der Waals surface area contributed by atoms with Gasteiger partial charge in [0, 0.05) is 5.56 Å². The van der Waals surface area contributed by atoms with Gasteiger partial charge in [-0.1, -0.05) is 30.9 Å². The fourth-order valence-electron chi connectivity index (χ4n) is 3.35. The highest BCUT2D eigenvalue weighted by Gasteiger charge is 2.29. The van der Waals surface area contributed by atoms with Gasteiger partial charge in [0.1, 0.15) is 18.1 Å². The Balaban J connectivity index is 1.53. The molecule has 0 aliphatic carbocycles. The zero-order chi connectivity index (χ0) is 24.2. The first-order chi connectivity index (χ1) is 16.4. The molecule has 4 rings (SSSR count). The lowest BCUT2D eigenvalue weighted by Crippen LogP contribution is -2.21. The number of hydrogen-bond donors (Lipinski definition) is 1. The molecule has 34 heavy (non-hydrogen) atoms. The van der Waals surface area contributed by atoms with Gasteiger partial charge in [-0.2, -0.15) is 10.1 Å². The molecule has 1 aromatic heterocycles. The molecule has 8 heteroatoms. The average molecular weight is 456 g/mol. The standard InChI is InChI=1S/C26H20N2O6/c1-3-13-33-26(32)18-9-7-17(8-10-18)23-12-11-21(34-23)15-22-16(2)27-28(24(22)29)20-6-4-5-19(14-20)25(30)31/h3-12,14-15H,1,13H2,2H3,(H,30,31)/b22-15-. The van der Waals surface area contributed by atoms with Crippen LogP contribution in [-0.4, -0.2) is 35.3 Å². The quantitative estimate of drug-likeness (QED) is 0.311. The van der Waals surface area contributed by atoms with Crippen LogP contribution in [0, 0.1) is 0 Å². The summed E-state index contributed by atoms with van der Waals surface area (Å²) < 4.78 is 10.9. The van der Waals surface area contributed by atoms with Gasteiger partial charge < -0.3 is 14.3 Å². The number of carboxylic acids is 1. The number of anilines is 1. The van der Waals surface area contributed by atoms with Crippen LogP contribution in [0.2, 0.25) is 0 Å². The van der Waals surface area contributed by atoms with Crippen LogP contribution in [0.3, 0.4) is 0 Å². The molecule has 0 radical (unpaired) electrons. The minimum atomic E-state index is -1.09. The number of aromatic carboxylic acids is 1. The number of furan rings is 1. The van der Waals surface area contributed by atoms with Gasteiger partial charge in [0.25, 0.3) is 5.91 Å². The van der Waals surface area contributed by atoms with Crippen molar-refractivity contribution in [1.82, 2.24) is 0 Å². The zero-order valence-corrected chi connectivity index (χ0v) is 18.2. The first-order valence-corrected chi connectivity index (χ1v) is 10.3. The van der Waals surface area contributed by atoms with Crippen molar-refractivity contribution in [3.05, 3.63) is 95.8 Å². The van der Waals surface area contributed by atoms with Gasteiger partial charge in [0.2, 0.25) is 0 Å². The fraction of sp³-hybridized carbons (Fsp3) is 0.0769. The Kier molecular flexibility index (Phi) is 6.22. The van der Waals surface area contributed by atoms with Crippen molar-refractivity contribution in [2.45, 2.75) is 6.92 Å². The van der Waals surface area contributed by atoms with Gasteiger partial charge in [-0.15, -0.1) is 0 Å². The van der Waals surface area contributed by atoms with Crippen molar-refractivity contribution in [2.24, 2.45) is 5.10 Å². The summed E-state index contributed by atoms with van der Waals surface area (Å²) in [5, 5.41) is 14.6. The maximum atomic E-state index is 13.0. The smallest absolute Gasteiger partial charge is 0.338 e. The van der Waals surface area contributed by atoms with Crippen molar-refractivity contribution < 1.29 is 28.6 Å². The van der Waals surface area contributed by atoms with Gasteiger partial charge in [-0.3, -0.25) is 4.79 Å². The third kappa shape index (κ3) is 4.56. The van der Waals surface area contributed by atoms with Crippen LogP contribution in [-0.2, 0) is 9.53 Å². The number of benzene rings is 2. The summed E-state index contributed by atoms with van der Waals surface area (Å²) in [4.78, 5) is 36.1. The van der Waals surface area contributed by atoms with Crippen LogP contribution >= 0.6 is 0 Å². The number of hydrogen-bond acceptors (Lipinski definition) is 6. The van der Waals surface area contributed by atoms with E-state index < -0.39 is 11.9 Å². The molecule has 0 fully saturated rings. The molecule has 2 aromatic carbocycles. The Morgan fingerprint density at radius 3 is 2.59 bits per heavy atom. The Hall–Kier alpha value is -4.72. The van der Waals surface area contributed by atoms with Crippen LogP contribution in [0.4, 0.5) is 5.69 Å². The number of carboxylic acid groups (broad SMARTS) is 1. The lowest BCUT2D eigenvalue weighted by Gasteiger charge is -2.12. The number of nitrogens with zero attached hydrogens (tertiary/aromatic N) is 2. The molecule has 3 aromatic rings. The predicted octanol–water partition coefficient (Wildman–Crippen LogP) is 4.79.